The fraction of sp³-hybridized carbons (Fsp3) is 0.625. The fourth-order valence-electron chi connectivity index (χ4n) is 2.01. The molecule has 1 saturated carbocycles. The molecule has 2 unspecified atom stereocenters. The molecule has 2 atom stereocenters. The predicted molar refractivity (Wildman–Crippen MR) is 37.7 cm³/mol. The minimum atomic E-state index is 0.791. The van der Waals surface area contributed by atoms with Crippen molar-refractivity contribution in [2.75, 3.05) is 0 Å². The molecule has 0 N–H and O–H groups in total. The molecule has 0 amide bonds. The van der Waals surface area contributed by atoms with Gasteiger partial charge in [0.15, 0.2) is 0 Å². The van der Waals surface area contributed by atoms with Crippen LogP contribution in [-0.4, -0.2) is 9.78 Å². The smallest absolute Gasteiger partial charge is 0.0554 e. The van der Waals surface area contributed by atoms with Gasteiger partial charge in [-0.15, -0.1) is 0 Å². The average Bonchev–Trinajstić information content (AvgIpc) is 2.60. The molecule has 52 valence electrons. The second kappa shape index (κ2) is 1.44. The van der Waals surface area contributed by atoms with Gasteiger partial charge in [0.05, 0.1) is 6.04 Å². The molecule has 2 aliphatic rings. The van der Waals surface area contributed by atoms with Gasteiger partial charge in [-0.25, -0.2) is 0 Å². The van der Waals surface area contributed by atoms with Crippen molar-refractivity contribution in [1.29, 1.82) is 0 Å². The molecule has 2 heteroatoms. The Kier molecular flexibility index (Phi) is 0.712. The van der Waals surface area contributed by atoms with Crippen molar-refractivity contribution in [3.63, 3.8) is 0 Å². The first kappa shape index (κ1) is 4.94. The van der Waals surface area contributed by atoms with Crippen molar-refractivity contribution in [1.82, 2.24) is 9.78 Å². The third-order valence-corrected chi connectivity index (χ3v) is 2.72. The minimum absolute atomic E-state index is 0.791. The van der Waals surface area contributed by atoms with E-state index in [4.69, 9.17) is 0 Å². The Morgan fingerprint density at radius 2 is 2.60 bits per heavy atom. The zero-order valence-corrected chi connectivity index (χ0v) is 5.83. The van der Waals surface area contributed by atoms with Crippen molar-refractivity contribution in [3.05, 3.63) is 18.0 Å². The van der Waals surface area contributed by atoms with Gasteiger partial charge in [0.1, 0.15) is 0 Å². The molecule has 0 saturated heterocycles. The third kappa shape index (κ3) is 0.474. The lowest BCUT2D eigenvalue weighted by Crippen LogP contribution is -2.09. The lowest BCUT2D eigenvalue weighted by molar-refractivity contribution is 0.493. The predicted octanol–water partition coefficient (Wildman–Crippen LogP) is 1.39. The molecule has 2 heterocycles. The van der Waals surface area contributed by atoms with E-state index in [9.17, 15) is 0 Å². The van der Waals surface area contributed by atoms with Crippen LogP contribution < -0.4 is 0 Å². The van der Waals surface area contributed by atoms with Gasteiger partial charge >= 0.3 is 0 Å². The summed E-state index contributed by atoms with van der Waals surface area (Å²) in [5, 5.41) is 4.30. The Balaban J connectivity index is 2.15. The van der Waals surface area contributed by atoms with E-state index in [0.717, 1.165) is 12.0 Å². The molecule has 2 nitrogen and oxygen atoms in total. The van der Waals surface area contributed by atoms with Crippen LogP contribution in [0.5, 0.6) is 0 Å². The van der Waals surface area contributed by atoms with Crippen LogP contribution >= 0.6 is 0 Å². The summed E-state index contributed by atoms with van der Waals surface area (Å²) in [7, 11) is 0. The van der Waals surface area contributed by atoms with Crippen LogP contribution in [0.1, 0.15) is 24.6 Å². The zero-order chi connectivity index (χ0) is 6.55. The largest absolute Gasteiger partial charge is 0.266 e. The quantitative estimate of drug-likeness (QED) is 0.524. The normalized spacial score (nSPS) is 34.8. The Labute approximate surface area is 59.9 Å². The molecule has 1 aliphatic carbocycles. The van der Waals surface area contributed by atoms with E-state index in [0.29, 0.717) is 0 Å². The molecule has 0 radical (unpaired) electrons. The Morgan fingerprint density at radius 3 is 3.60 bits per heavy atom. The third-order valence-electron chi connectivity index (χ3n) is 2.72. The maximum absolute atomic E-state index is 4.30. The van der Waals surface area contributed by atoms with Crippen LogP contribution in [-0.2, 0) is 6.42 Å². The van der Waals surface area contributed by atoms with Crippen LogP contribution in [0.2, 0.25) is 0 Å². The minimum Gasteiger partial charge on any atom is -0.266 e. The van der Waals surface area contributed by atoms with E-state index in [1.165, 1.54) is 25.0 Å². The number of aromatic nitrogens is 2. The van der Waals surface area contributed by atoms with Gasteiger partial charge in [-0.05, 0) is 31.2 Å². The van der Waals surface area contributed by atoms with Crippen LogP contribution in [0.4, 0.5) is 0 Å². The Morgan fingerprint density at radius 1 is 1.60 bits per heavy atom. The summed E-state index contributed by atoms with van der Waals surface area (Å²) in [4.78, 5) is 0. The zero-order valence-electron chi connectivity index (χ0n) is 5.83. The molecule has 3 rings (SSSR count). The van der Waals surface area contributed by atoms with Gasteiger partial charge in [0.2, 0.25) is 0 Å². The number of nitrogens with zero attached hydrogens (tertiary/aromatic N) is 2. The number of aryl methyl sites for hydroxylation is 1. The molecule has 1 aromatic heterocycles. The highest BCUT2D eigenvalue weighted by Crippen LogP contribution is 2.49. The summed E-state index contributed by atoms with van der Waals surface area (Å²) in [6.07, 6.45) is 5.96. The monoisotopic (exact) mass is 134 g/mol. The maximum atomic E-state index is 4.30. The lowest BCUT2D eigenvalue weighted by atomic mass is 10.1. The summed E-state index contributed by atoms with van der Waals surface area (Å²) < 4.78 is 2.22. The fourth-order valence-corrected chi connectivity index (χ4v) is 2.01. The molecule has 1 aromatic rings. The van der Waals surface area contributed by atoms with Gasteiger partial charge in [-0.1, -0.05) is 0 Å². The van der Waals surface area contributed by atoms with E-state index in [1.807, 2.05) is 6.20 Å². The van der Waals surface area contributed by atoms with Crippen LogP contribution in [0, 0.1) is 5.92 Å². The molecule has 1 aliphatic heterocycles. The molecule has 0 bridgehead atoms. The van der Waals surface area contributed by atoms with Crippen molar-refractivity contribution in [2.45, 2.75) is 25.3 Å². The summed E-state index contributed by atoms with van der Waals surface area (Å²) in [5.41, 5.74) is 1.44. The maximum Gasteiger partial charge on any atom is 0.0554 e. The first-order chi connectivity index (χ1) is 4.95. The topological polar surface area (TPSA) is 17.8 Å². The first-order valence-corrected chi connectivity index (χ1v) is 3.97. The lowest BCUT2D eigenvalue weighted by Gasteiger charge is -2.11. The highest BCUT2D eigenvalue weighted by atomic mass is 15.3. The van der Waals surface area contributed by atoms with Gasteiger partial charge in [0, 0.05) is 11.9 Å². The van der Waals surface area contributed by atoms with E-state index in [1.54, 1.807) is 0 Å². The number of hydrogen-bond acceptors (Lipinski definition) is 1. The van der Waals surface area contributed by atoms with E-state index in [2.05, 4.69) is 15.8 Å². The summed E-state index contributed by atoms with van der Waals surface area (Å²) >= 11 is 0. The van der Waals surface area contributed by atoms with Crippen LogP contribution in [0.15, 0.2) is 12.3 Å². The molecule has 0 aromatic carbocycles. The van der Waals surface area contributed by atoms with Gasteiger partial charge in [0.25, 0.3) is 0 Å². The van der Waals surface area contributed by atoms with Crippen LogP contribution in [0.25, 0.3) is 0 Å². The highest BCUT2D eigenvalue weighted by molar-refractivity contribution is 5.11. The number of hydrogen-bond donors (Lipinski definition) is 0. The van der Waals surface area contributed by atoms with Crippen molar-refractivity contribution < 1.29 is 0 Å². The van der Waals surface area contributed by atoms with E-state index in [-0.39, 0.29) is 0 Å². The Hall–Kier alpha value is -0.790. The second-order valence-electron chi connectivity index (χ2n) is 3.37. The van der Waals surface area contributed by atoms with Gasteiger partial charge in [-0.3, -0.25) is 4.68 Å². The van der Waals surface area contributed by atoms with E-state index >= 15 is 0 Å². The Bertz CT molecular complexity index is 264. The van der Waals surface area contributed by atoms with Gasteiger partial charge < -0.3 is 0 Å². The first-order valence-electron chi connectivity index (χ1n) is 3.97. The molecular formula is C8H10N2. The second-order valence-corrected chi connectivity index (χ2v) is 3.37. The number of fused-ring (bicyclic) bond motifs is 3. The highest BCUT2D eigenvalue weighted by Gasteiger charge is 2.42. The SMILES string of the molecule is c1cc2n(n1)C1CC1CC2. The van der Waals surface area contributed by atoms with Crippen molar-refractivity contribution in [2.24, 2.45) is 5.92 Å². The molecule has 0 spiro atoms. The van der Waals surface area contributed by atoms with Crippen molar-refractivity contribution >= 4 is 0 Å². The molecular weight excluding hydrogens is 124 g/mol. The molecule has 1 fully saturated rings. The standard InChI is InChI=1S/C8H10N2/c1-2-7-3-4-9-10(7)8-5-6(1)8/h3-4,6,8H,1-2,5H2. The van der Waals surface area contributed by atoms with E-state index < -0.39 is 0 Å². The average molecular weight is 134 g/mol. The molecule has 10 heavy (non-hydrogen) atoms. The summed E-state index contributed by atoms with van der Waals surface area (Å²) in [6, 6.07) is 2.94. The van der Waals surface area contributed by atoms with Crippen LogP contribution in [0.3, 0.4) is 0 Å². The van der Waals surface area contributed by atoms with Gasteiger partial charge in [-0.2, -0.15) is 5.10 Å². The summed E-state index contributed by atoms with van der Waals surface area (Å²) in [6.45, 7) is 0. The summed E-state index contributed by atoms with van der Waals surface area (Å²) in [5.74, 6) is 0.979. The number of rotatable bonds is 0. The van der Waals surface area contributed by atoms with Crippen molar-refractivity contribution in [3.8, 4) is 0 Å².